The van der Waals surface area contributed by atoms with E-state index < -0.39 is 11.9 Å². The number of hydrogen-bond donors (Lipinski definition) is 0. The van der Waals surface area contributed by atoms with Gasteiger partial charge < -0.3 is 28.7 Å². The Morgan fingerprint density at radius 3 is 1.38 bits per heavy atom. The van der Waals surface area contributed by atoms with E-state index in [2.05, 4.69) is 29.7 Å². The number of benzene rings is 2. The van der Waals surface area contributed by atoms with Crippen molar-refractivity contribution in [3.63, 3.8) is 0 Å². The predicted molar refractivity (Wildman–Crippen MR) is 276 cm³/mol. The van der Waals surface area contributed by atoms with Gasteiger partial charge in [0.2, 0.25) is 23.7 Å². The van der Waals surface area contributed by atoms with Gasteiger partial charge >= 0.3 is 11.4 Å². The average Bonchev–Trinajstić information content (AvgIpc) is 4.16. The molecule has 2 aliphatic rings. The number of imidazole rings is 2. The Bertz CT molecular complexity index is 3140. The molecule has 0 unspecified atom stereocenters. The molecular weight excluding hydrogens is 923 g/mol. The summed E-state index contributed by atoms with van der Waals surface area (Å²) >= 11 is 0. The van der Waals surface area contributed by atoms with Crippen LogP contribution < -0.4 is 20.9 Å². The van der Waals surface area contributed by atoms with Crippen LogP contribution >= 0.6 is 0 Å². The van der Waals surface area contributed by atoms with Crippen molar-refractivity contribution in [1.82, 2.24) is 48.0 Å². The van der Waals surface area contributed by atoms with Gasteiger partial charge in [-0.2, -0.15) is 18.7 Å². The number of pyridine rings is 4. The first-order chi connectivity index (χ1) is 34.7. The standard InChI is InChI=1S/2C27H32FN5O3/c2*1-31(2)12-5-13-36-24-11-9-20(26(28)30-24)17-6-10-22-21(14-17)25-23(16-29-22)32(3)27(34)33(25)18-7-8-19(15-18)35-4/h2*6,9-11,14,16,18-19H,5,7-8,12-13,15H2,1-4H3/t2*18-,19-/m10/s1. The molecule has 4 atom stereocenters. The Balaban J connectivity index is 0.000000178. The summed E-state index contributed by atoms with van der Waals surface area (Å²) in [5.74, 6) is -0.649. The number of ether oxygens (including phenoxy) is 4. The van der Waals surface area contributed by atoms with Crippen LogP contribution in [0.25, 0.3) is 66.1 Å². The minimum atomic E-state index is -0.594. The summed E-state index contributed by atoms with van der Waals surface area (Å²) in [6.07, 6.45) is 10.6. The van der Waals surface area contributed by atoms with Gasteiger partial charge in [0.05, 0.1) is 70.9 Å². The van der Waals surface area contributed by atoms with E-state index in [1.807, 2.05) is 73.7 Å². The van der Waals surface area contributed by atoms with Crippen LogP contribution in [-0.2, 0) is 23.6 Å². The van der Waals surface area contributed by atoms with Gasteiger partial charge in [0, 0.05) is 87.5 Å². The van der Waals surface area contributed by atoms with Crippen molar-refractivity contribution in [2.75, 3.05) is 68.7 Å². The smallest absolute Gasteiger partial charge is 0.329 e. The fourth-order valence-electron chi connectivity index (χ4n) is 10.3. The van der Waals surface area contributed by atoms with E-state index in [0.717, 1.165) is 108 Å². The zero-order valence-corrected chi connectivity index (χ0v) is 42.4. The highest BCUT2D eigenvalue weighted by Gasteiger charge is 2.31. The van der Waals surface area contributed by atoms with Crippen LogP contribution in [0.5, 0.6) is 11.8 Å². The number of rotatable bonds is 16. The van der Waals surface area contributed by atoms with Crippen molar-refractivity contribution in [2.24, 2.45) is 14.1 Å². The Morgan fingerprint density at radius 1 is 0.597 bits per heavy atom. The summed E-state index contributed by atoms with van der Waals surface area (Å²) in [5, 5.41) is 1.62. The molecule has 0 aliphatic heterocycles. The zero-order chi connectivity index (χ0) is 50.8. The summed E-state index contributed by atoms with van der Waals surface area (Å²) in [5.41, 5.74) is 6.61. The highest BCUT2D eigenvalue weighted by molar-refractivity contribution is 6.05. The molecule has 16 nitrogen and oxygen atoms in total. The van der Waals surface area contributed by atoms with Crippen LogP contribution in [0.4, 0.5) is 8.78 Å². The molecule has 18 heteroatoms. The molecule has 8 aromatic rings. The Kier molecular flexibility index (Phi) is 15.1. The maximum atomic E-state index is 15.1. The van der Waals surface area contributed by atoms with E-state index in [1.54, 1.807) is 74.1 Å². The van der Waals surface area contributed by atoms with Crippen LogP contribution in [0.1, 0.15) is 63.5 Å². The fourth-order valence-corrected chi connectivity index (χ4v) is 10.3. The summed E-state index contributed by atoms with van der Waals surface area (Å²) in [6.45, 7) is 2.72. The summed E-state index contributed by atoms with van der Waals surface area (Å²) in [6, 6.07) is 18.1. The topological polar surface area (TPSA) is 149 Å². The first kappa shape index (κ1) is 50.3. The third-order valence-corrected chi connectivity index (χ3v) is 14.2. The lowest BCUT2D eigenvalue weighted by atomic mass is 10.0. The molecule has 2 fully saturated rings. The molecule has 10 rings (SSSR count). The van der Waals surface area contributed by atoms with Crippen LogP contribution in [0.3, 0.4) is 0 Å². The molecule has 6 aromatic heterocycles. The average molecular weight is 987 g/mol. The normalized spacial score (nSPS) is 18.1. The van der Waals surface area contributed by atoms with E-state index in [4.69, 9.17) is 18.9 Å². The van der Waals surface area contributed by atoms with Crippen molar-refractivity contribution in [3.05, 3.63) is 106 Å². The van der Waals surface area contributed by atoms with Gasteiger partial charge in [0.1, 0.15) is 0 Å². The molecular formula is C54H64F2N10O6. The number of nitrogens with zero attached hydrogens (tertiary/aromatic N) is 10. The van der Waals surface area contributed by atoms with Crippen LogP contribution in [0.15, 0.2) is 82.6 Å². The van der Waals surface area contributed by atoms with Gasteiger partial charge in [-0.1, -0.05) is 12.1 Å². The summed E-state index contributed by atoms with van der Waals surface area (Å²) in [4.78, 5) is 47.9. The second kappa shape index (κ2) is 21.6. The monoisotopic (exact) mass is 986 g/mol. The van der Waals surface area contributed by atoms with E-state index in [9.17, 15) is 9.59 Å². The number of halogens is 2. The number of aromatic nitrogens is 8. The molecule has 6 heterocycles. The molecule has 0 N–H and O–H groups in total. The largest absolute Gasteiger partial charge is 0.478 e. The van der Waals surface area contributed by atoms with E-state index in [0.29, 0.717) is 35.5 Å². The molecule has 2 aliphatic carbocycles. The number of aryl methyl sites for hydroxylation is 2. The SMILES string of the molecule is CO[C@@H]1CC[C@@H](n2c(=O)n(C)c3cnc4ccc(-c5ccc(OCCCN(C)C)nc5F)cc4c32)C1.CO[C@H]1CC[C@H](n2c(=O)n(C)c3cnc4ccc(-c5ccc(OCCCN(C)C)nc5F)cc4c32)C1. The predicted octanol–water partition coefficient (Wildman–Crippen LogP) is 8.32. The lowest BCUT2D eigenvalue weighted by Crippen LogP contribution is -2.25. The molecule has 0 amide bonds. The number of hydrogen-bond acceptors (Lipinski definition) is 12. The van der Waals surface area contributed by atoms with Crippen LogP contribution in [0, 0.1) is 11.9 Å². The molecule has 0 saturated heterocycles. The van der Waals surface area contributed by atoms with Gasteiger partial charge in [0.15, 0.2) is 0 Å². The number of methoxy groups -OCH3 is 2. The van der Waals surface area contributed by atoms with Crippen molar-refractivity contribution in [1.29, 1.82) is 0 Å². The maximum Gasteiger partial charge on any atom is 0.329 e. The molecule has 72 heavy (non-hydrogen) atoms. The van der Waals surface area contributed by atoms with Gasteiger partial charge in [0.25, 0.3) is 0 Å². The van der Waals surface area contributed by atoms with Crippen molar-refractivity contribution >= 4 is 43.9 Å². The Labute approximate surface area is 416 Å². The minimum absolute atomic E-state index is 0.0442. The third kappa shape index (κ3) is 10.2. The first-order valence-corrected chi connectivity index (χ1v) is 24.7. The lowest BCUT2D eigenvalue weighted by molar-refractivity contribution is 0.105. The second-order valence-corrected chi connectivity index (χ2v) is 19.5. The summed E-state index contributed by atoms with van der Waals surface area (Å²) in [7, 11) is 15.0. The van der Waals surface area contributed by atoms with E-state index in [1.165, 1.54) is 0 Å². The van der Waals surface area contributed by atoms with Crippen molar-refractivity contribution < 1.29 is 27.7 Å². The Morgan fingerprint density at radius 2 is 1.01 bits per heavy atom. The fraction of sp³-hybridized carbons (Fsp3) is 0.444. The third-order valence-electron chi connectivity index (χ3n) is 14.2. The van der Waals surface area contributed by atoms with Gasteiger partial charge in [-0.25, -0.2) is 9.59 Å². The lowest BCUT2D eigenvalue weighted by Gasteiger charge is -2.14. The quantitative estimate of drug-likeness (QED) is 0.0677. The second-order valence-electron chi connectivity index (χ2n) is 19.5. The van der Waals surface area contributed by atoms with Gasteiger partial charge in [-0.05, 0) is 127 Å². The van der Waals surface area contributed by atoms with E-state index >= 15 is 8.78 Å². The highest BCUT2D eigenvalue weighted by Crippen LogP contribution is 2.38. The zero-order valence-electron chi connectivity index (χ0n) is 42.4. The molecule has 0 radical (unpaired) electrons. The summed E-state index contributed by atoms with van der Waals surface area (Å²) < 4.78 is 59.5. The van der Waals surface area contributed by atoms with Crippen molar-refractivity contribution in [3.8, 4) is 34.0 Å². The maximum absolute atomic E-state index is 15.1. The molecule has 2 saturated carbocycles. The highest BCUT2D eigenvalue weighted by atomic mass is 19.1. The van der Waals surface area contributed by atoms with Gasteiger partial charge in [-0.3, -0.25) is 28.2 Å². The van der Waals surface area contributed by atoms with Crippen LogP contribution in [0.2, 0.25) is 0 Å². The first-order valence-electron chi connectivity index (χ1n) is 24.7. The number of fused-ring (bicyclic) bond motifs is 6. The molecule has 380 valence electrons. The van der Waals surface area contributed by atoms with Crippen molar-refractivity contribution in [2.45, 2.75) is 75.7 Å². The minimum Gasteiger partial charge on any atom is -0.478 e. The van der Waals surface area contributed by atoms with E-state index in [-0.39, 0.29) is 47.4 Å². The Hall–Kier alpha value is -6.60. The molecule has 0 spiro atoms. The molecule has 0 bridgehead atoms. The molecule has 2 aromatic carbocycles. The van der Waals surface area contributed by atoms with Crippen LogP contribution in [-0.4, -0.2) is 129 Å². The van der Waals surface area contributed by atoms with Gasteiger partial charge in [-0.15, -0.1) is 0 Å².